The number of nitrogens with zero attached hydrogens (tertiary/aromatic N) is 1. The third-order valence-electron chi connectivity index (χ3n) is 4.03. The van der Waals surface area contributed by atoms with Crippen LogP contribution >= 0.6 is 11.6 Å². The monoisotopic (exact) mass is 342 g/mol. The Balaban J connectivity index is 1.80. The molecule has 0 fully saturated rings. The van der Waals surface area contributed by atoms with Crippen molar-refractivity contribution in [3.8, 4) is 0 Å². The molecule has 3 amide bonds. The van der Waals surface area contributed by atoms with Crippen LogP contribution in [-0.4, -0.2) is 28.7 Å². The lowest BCUT2D eigenvalue weighted by Gasteiger charge is -2.21. The molecule has 0 saturated heterocycles. The molecular weight excluding hydrogens is 328 g/mol. The molecule has 1 N–H and O–H groups in total. The lowest BCUT2D eigenvalue weighted by atomic mass is 10.1. The van der Waals surface area contributed by atoms with E-state index in [9.17, 15) is 14.4 Å². The molecule has 2 aromatic carbocycles. The number of rotatable bonds is 3. The number of anilines is 1. The summed E-state index contributed by atoms with van der Waals surface area (Å²) < 4.78 is 0. The molecule has 0 aliphatic carbocycles. The number of aryl methyl sites for hydroxylation is 1. The van der Waals surface area contributed by atoms with Gasteiger partial charge < -0.3 is 5.32 Å². The van der Waals surface area contributed by atoms with E-state index in [0.29, 0.717) is 21.8 Å². The van der Waals surface area contributed by atoms with Crippen molar-refractivity contribution in [3.63, 3.8) is 0 Å². The molecule has 1 aliphatic rings. The molecule has 0 spiro atoms. The fraction of sp³-hybridized carbons (Fsp3) is 0.167. The molecule has 122 valence electrons. The third kappa shape index (κ3) is 2.67. The maximum Gasteiger partial charge on any atom is 0.262 e. The zero-order chi connectivity index (χ0) is 17.4. The minimum Gasteiger partial charge on any atom is -0.324 e. The summed E-state index contributed by atoms with van der Waals surface area (Å²) in [5.41, 5.74) is 2.04. The third-order valence-corrected chi connectivity index (χ3v) is 4.44. The minimum absolute atomic E-state index is 0.320. The van der Waals surface area contributed by atoms with Crippen molar-refractivity contribution in [1.29, 1.82) is 0 Å². The van der Waals surface area contributed by atoms with E-state index in [4.69, 9.17) is 11.6 Å². The Labute approximate surface area is 144 Å². The molecule has 2 aromatic rings. The van der Waals surface area contributed by atoms with Gasteiger partial charge in [-0.2, -0.15) is 0 Å². The predicted octanol–water partition coefficient (Wildman–Crippen LogP) is 3.27. The standard InChI is InChI=1S/C18H15ClN2O3/c1-10-7-8-12(9-15(10)19)20-16(22)11(2)21-17(23)13-5-3-4-6-14(13)18(21)24/h3-9,11H,1-2H3,(H,20,22)/t11-/m1/s1. The molecule has 0 bridgehead atoms. The Morgan fingerprint density at radius 1 is 1.08 bits per heavy atom. The van der Waals surface area contributed by atoms with E-state index in [1.807, 2.05) is 6.92 Å². The summed E-state index contributed by atoms with van der Waals surface area (Å²) in [7, 11) is 0. The predicted molar refractivity (Wildman–Crippen MR) is 91.2 cm³/mol. The molecule has 24 heavy (non-hydrogen) atoms. The summed E-state index contributed by atoms with van der Waals surface area (Å²) >= 11 is 6.04. The van der Waals surface area contributed by atoms with Crippen molar-refractivity contribution in [2.45, 2.75) is 19.9 Å². The number of carbonyl (C=O) groups excluding carboxylic acids is 3. The van der Waals surface area contributed by atoms with Gasteiger partial charge in [-0.3, -0.25) is 19.3 Å². The number of halogens is 1. The van der Waals surface area contributed by atoms with Gasteiger partial charge in [0.2, 0.25) is 5.91 Å². The number of fused-ring (bicyclic) bond motifs is 1. The molecular formula is C18H15ClN2O3. The number of nitrogens with one attached hydrogen (secondary N) is 1. The maximum atomic E-state index is 12.4. The van der Waals surface area contributed by atoms with Crippen LogP contribution < -0.4 is 5.32 Å². The second kappa shape index (κ2) is 6.09. The summed E-state index contributed by atoms with van der Waals surface area (Å²) in [4.78, 5) is 38.2. The van der Waals surface area contributed by atoms with Gasteiger partial charge in [0.05, 0.1) is 11.1 Å². The first-order valence-corrected chi connectivity index (χ1v) is 7.82. The highest BCUT2D eigenvalue weighted by Gasteiger charge is 2.40. The SMILES string of the molecule is Cc1ccc(NC(=O)[C@@H](C)N2C(=O)c3ccccc3C2=O)cc1Cl. The smallest absolute Gasteiger partial charge is 0.262 e. The number of hydrogen-bond donors (Lipinski definition) is 1. The van der Waals surface area contributed by atoms with Gasteiger partial charge >= 0.3 is 0 Å². The first-order chi connectivity index (χ1) is 11.4. The first kappa shape index (κ1) is 16.2. The molecule has 3 rings (SSSR count). The molecule has 1 heterocycles. The van der Waals surface area contributed by atoms with Crippen molar-refractivity contribution in [3.05, 3.63) is 64.2 Å². The van der Waals surface area contributed by atoms with Crippen LogP contribution in [0.5, 0.6) is 0 Å². The van der Waals surface area contributed by atoms with Gasteiger partial charge in [-0.25, -0.2) is 0 Å². The number of amides is 3. The van der Waals surface area contributed by atoms with E-state index in [0.717, 1.165) is 10.5 Å². The highest BCUT2D eigenvalue weighted by Crippen LogP contribution is 2.25. The molecule has 0 aromatic heterocycles. The zero-order valence-electron chi connectivity index (χ0n) is 13.2. The van der Waals surface area contributed by atoms with Gasteiger partial charge in [0.25, 0.3) is 11.8 Å². The van der Waals surface area contributed by atoms with Crippen LogP contribution in [0.4, 0.5) is 5.69 Å². The Morgan fingerprint density at radius 2 is 1.67 bits per heavy atom. The van der Waals surface area contributed by atoms with E-state index in [2.05, 4.69) is 5.32 Å². The molecule has 1 aliphatic heterocycles. The van der Waals surface area contributed by atoms with E-state index in [-0.39, 0.29) is 0 Å². The second-order valence-electron chi connectivity index (χ2n) is 5.66. The number of benzene rings is 2. The van der Waals surface area contributed by atoms with E-state index >= 15 is 0 Å². The zero-order valence-corrected chi connectivity index (χ0v) is 13.9. The van der Waals surface area contributed by atoms with Gasteiger partial charge in [-0.15, -0.1) is 0 Å². The van der Waals surface area contributed by atoms with Crippen LogP contribution in [0.15, 0.2) is 42.5 Å². The molecule has 6 heteroatoms. The Morgan fingerprint density at radius 3 is 2.21 bits per heavy atom. The van der Waals surface area contributed by atoms with Gasteiger partial charge in [-0.1, -0.05) is 29.8 Å². The van der Waals surface area contributed by atoms with Crippen molar-refractivity contribution in [2.24, 2.45) is 0 Å². The first-order valence-electron chi connectivity index (χ1n) is 7.44. The fourth-order valence-corrected chi connectivity index (χ4v) is 2.77. The molecule has 1 atom stereocenters. The average Bonchev–Trinajstić information content (AvgIpc) is 2.82. The van der Waals surface area contributed by atoms with Crippen molar-refractivity contribution < 1.29 is 14.4 Å². The average molecular weight is 343 g/mol. The molecule has 5 nitrogen and oxygen atoms in total. The lowest BCUT2D eigenvalue weighted by Crippen LogP contribution is -2.45. The largest absolute Gasteiger partial charge is 0.324 e. The highest BCUT2D eigenvalue weighted by atomic mass is 35.5. The second-order valence-corrected chi connectivity index (χ2v) is 6.06. The number of hydrogen-bond acceptors (Lipinski definition) is 3. The number of imide groups is 1. The van der Waals surface area contributed by atoms with Crippen LogP contribution in [0, 0.1) is 6.92 Å². The Kier molecular flexibility index (Phi) is 4.11. The summed E-state index contributed by atoms with van der Waals surface area (Å²) in [6.07, 6.45) is 0. The maximum absolute atomic E-state index is 12.4. The topological polar surface area (TPSA) is 66.5 Å². The van der Waals surface area contributed by atoms with Crippen LogP contribution in [0.2, 0.25) is 5.02 Å². The number of carbonyl (C=O) groups is 3. The summed E-state index contributed by atoms with van der Waals surface area (Å²) in [6.45, 7) is 3.38. The quantitative estimate of drug-likeness (QED) is 0.870. The van der Waals surface area contributed by atoms with Crippen molar-refractivity contribution >= 4 is 35.0 Å². The summed E-state index contributed by atoms with van der Waals surface area (Å²) in [6, 6.07) is 10.7. The van der Waals surface area contributed by atoms with Crippen LogP contribution in [0.3, 0.4) is 0 Å². The Bertz CT molecular complexity index is 828. The normalized spacial score (nSPS) is 14.5. The van der Waals surface area contributed by atoms with Crippen LogP contribution in [0.25, 0.3) is 0 Å². The van der Waals surface area contributed by atoms with Gasteiger partial charge in [0, 0.05) is 10.7 Å². The Hall–Kier alpha value is -2.66. The fourth-order valence-electron chi connectivity index (χ4n) is 2.59. The van der Waals surface area contributed by atoms with Crippen molar-refractivity contribution in [2.75, 3.05) is 5.32 Å². The van der Waals surface area contributed by atoms with E-state index in [1.165, 1.54) is 6.92 Å². The van der Waals surface area contributed by atoms with Gasteiger partial charge in [-0.05, 0) is 43.7 Å². The summed E-state index contributed by atoms with van der Waals surface area (Å²) in [5.74, 6) is -1.37. The van der Waals surface area contributed by atoms with Crippen LogP contribution in [-0.2, 0) is 4.79 Å². The summed E-state index contributed by atoms with van der Waals surface area (Å²) in [5, 5.41) is 3.21. The molecule has 0 radical (unpaired) electrons. The van der Waals surface area contributed by atoms with Crippen LogP contribution in [0.1, 0.15) is 33.2 Å². The van der Waals surface area contributed by atoms with E-state index in [1.54, 1.807) is 42.5 Å². The van der Waals surface area contributed by atoms with E-state index < -0.39 is 23.8 Å². The van der Waals surface area contributed by atoms with Gasteiger partial charge in [0.1, 0.15) is 6.04 Å². The van der Waals surface area contributed by atoms with Gasteiger partial charge in [0.15, 0.2) is 0 Å². The lowest BCUT2D eigenvalue weighted by molar-refractivity contribution is -0.119. The minimum atomic E-state index is -0.933. The molecule has 0 unspecified atom stereocenters. The highest BCUT2D eigenvalue weighted by molar-refractivity contribution is 6.31. The molecule has 0 saturated carbocycles. The van der Waals surface area contributed by atoms with Crippen molar-refractivity contribution in [1.82, 2.24) is 4.90 Å².